The maximum absolute atomic E-state index is 11.9. The number of hydrogen-bond donors (Lipinski definition) is 1. The second-order valence-electron chi connectivity index (χ2n) is 5.77. The van der Waals surface area contributed by atoms with Gasteiger partial charge in [0.2, 0.25) is 5.88 Å². The summed E-state index contributed by atoms with van der Waals surface area (Å²) in [6, 6.07) is 19.8. The molecule has 0 aliphatic carbocycles. The summed E-state index contributed by atoms with van der Waals surface area (Å²) in [6.45, 7) is 2.46. The molecule has 1 N–H and O–H groups in total. The fourth-order valence-electron chi connectivity index (χ4n) is 2.48. The molecule has 3 rings (SSSR count). The lowest BCUT2D eigenvalue weighted by Crippen LogP contribution is -2.30. The van der Waals surface area contributed by atoms with E-state index in [-0.39, 0.29) is 12.5 Å². The van der Waals surface area contributed by atoms with Gasteiger partial charge in [0.1, 0.15) is 0 Å². The Kier molecular flexibility index (Phi) is 5.46. The molecule has 0 spiro atoms. The third kappa shape index (κ3) is 4.70. The van der Waals surface area contributed by atoms with Crippen molar-refractivity contribution in [2.75, 3.05) is 13.2 Å². The Morgan fingerprint density at radius 3 is 2.48 bits per heavy atom. The van der Waals surface area contributed by atoms with Crippen LogP contribution in [0.5, 0.6) is 5.88 Å². The lowest BCUT2D eigenvalue weighted by Gasteiger charge is -2.06. The van der Waals surface area contributed by atoms with Gasteiger partial charge < -0.3 is 10.1 Å². The first-order chi connectivity index (χ1) is 12.2. The van der Waals surface area contributed by atoms with Gasteiger partial charge in [0, 0.05) is 18.3 Å². The molecule has 25 heavy (non-hydrogen) atoms. The second-order valence-corrected chi connectivity index (χ2v) is 5.77. The number of hydrogen-bond acceptors (Lipinski definition) is 3. The van der Waals surface area contributed by atoms with E-state index in [9.17, 15) is 4.79 Å². The lowest BCUT2D eigenvalue weighted by molar-refractivity contribution is -0.123. The van der Waals surface area contributed by atoms with E-state index in [1.165, 1.54) is 5.56 Å². The number of carbonyl (C=O) groups is 1. The van der Waals surface area contributed by atoms with Crippen molar-refractivity contribution in [3.8, 4) is 11.6 Å². The minimum Gasteiger partial charge on any atom is -0.466 e. The van der Waals surface area contributed by atoms with Crippen molar-refractivity contribution in [1.29, 1.82) is 0 Å². The van der Waals surface area contributed by atoms with Crippen LogP contribution in [0, 0.1) is 6.92 Å². The van der Waals surface area contributed by atoms with Gasteiger partial charge in [-0.25, -0.2) is 4.68 Å². The number of benzene rings is 2. The molecule has 3 aromatic rings. The van der Waals surface area contributed by atoms with Gasteiger partial charge in [0.15, 0.2) is 6.61 Å². The van der Waals surface area contributed by atoms with Crippen LogP contribution in [0.2, 0.25) is 0 Å². The molecule has 0 fully saturated rings. The summed E-state index contributed by atoms with van der Waals surface area (Å²) in [5.41, 5.74) is 3.04. The molecule has 0 aliphatic heterocycles. The van der Waals surface area contributed by atoms with Gasteiger partial charge >= 0.3 is 0 Å². The highest BCUT2D eigenvalue weighted by molar-refractivity contribution is 5.77. The van der Waals surface area contributed by atoms with Crippen molar-refractivity contribution < 1.29 is 9.53 Å². The van der Waals surface area contributed by atoms with Crippen LogP contribution in [0.4, 0.5) is 0 Å². The maximum atomic E-state index is 11.9. The molecule has 0 saturated heterocycles. The summed E-state index contributed by atoms with van der Waals surface area (Å²) < 4.78 is 7.31. The summed E-state index contributed by atoms with van der Waals surface area (Å²) in [5.74, 6) is 0.326. The minimum absolute atomic E-state index is 0.0402. The normalized spacial score (nSPS) is 10.4. The maximum Gasteiger partial charge on any atom is 0.258 e. The molecule has 1 heterocycles. The topological polar surface area (TPSA) is 56.2 Å². The van der Waals surface area contributed by atoms with E-state index in [4.69, 9.17) is 4.74 Å². The van der Waals surface area contributed by atoms with Gasteiger partial charge in [0.25, 0.3) is 5.91 Å². The Morgan fingerprint density at radius 2 is 1.76 bits per heavy atom. The van der Waals surface area contributed by atoms with Gasteiger partial charge in [-0.1, -0.05) is 48.5 Å². The predicted octanol–water partition coefficient (Wildman–Crippen LogP) is 2.92. The highest BCUT2D eigenvalue weighted by Crippen LogP contribution is 2.17. The van der Waals surface area contributed by atoms with Crippen LogP contribution in [0.15, 0.2) is 66.9 Å². The van der Waals surface area contributed by atoms with Crippen molar-refractivity contribution in [3.63, 3.8) is 0 Å². The van der Waals surface area contributed by atoms with Crippen LogP contribution >= 0.6 is 0 Å². The second kappa shape index (κ2) is 8.15. The third-order valence-corrected chi connectivity index (χ3v) is 3.79. The van der Waals surface area contributed by atoms with Crippen molar-refractivity contribution in [2.45, 2.75) is 13.3 Å². The van der Waals surface area contributed by atoms with Crippen LogP contribution in [-0.4, -0.2) is 28.8 Å². The van der Waals surface area contributed by atoms with Crippen LogP contribution in [0.3, 0.4) is 0 Å². The van der Waals surface area contributed by atoms with E-state index in [0.717, 1.165) is 17.7 Å². The number of nitrogens with one attached hydrogen (secondary N) is 1. The Labute approximate surface area is 147 Å². The zero-order chi connectivity index (χ0) is 17.5. The molecule has 0 atom stereocenters. The van der Waals surface area contributed by atoms with Crippen LogP contribution in [0.1, 0.15) is 11.1 Å². The molecular formula is C20H21N3O2. The molecule has 1 aromatic heterocycles. The Morgan fingerprint density at radius 1 is 1.08 bits per heavy atom. The van der Waals surface area contributed by atoms with Gasteiger partial charge in [-0.15, -0.1) is 5.10 Å². The molecule has 0 radical (unpaired) electrons. The number of aryl methyl sites for hydroxylation is 1. The monoisotopic (exact) mass is 335 g/mol. The summed E-state index contributed by atoms with van der Waals surface area (Å²) in [5, 5.41) is 7.26. The first-order valence-electron chi connectivity index (χ1n) is 8.27. The quantitative estimate of drug-likeness (QED) is 0.722. The van der Waals surface area contributed by atoms with Gasteiger partial charge in [-0.3, -0.25) is 4.79 Å². The highest BCUT2D eigenvalue weighted by atomic mass is 16.5. The molecule has 5 nitrogen and oxygen atoms in total. The first-order valence-corrected chi connectivity index (χ1v) is 8.27. The molecular weight excluding hydrogens is 314 g/mol. The first kappa shape index (κ1) is 16.8. The Bertz CT molecular complexity index is 813. The van der Waals surface area contributed by atoms with E-state index < -0.39 is 0 Å². The van der Waals surface area contributed by atoms with Crippen LogP contribution < -0.4 is 10.1 Å². The van der Waals surface area contributed by atoms with E-state index in [1.54, 1.807) is 4.68 Å². The lowest BCUT2D eigenvalue weighted by atomic mass is 10.1. The number of rotatable bonds is 7. The van der Waals surface area contributed by atoms with Crippen LogP contribution in [0.25, 0.3) is 5.69 Å². The summed E-state index contributed by atoms with van der Waals surface area (Å²) in [4.78, 5) is 11.9. The molecule has 0 unspecified atom stereocenters. The predicted molar refractivity (Wildman–Crippen MR) is 97.0 cm³/mol. The SMILES string of the molecule is Cc1cn(-c2ccccc2)nc1OCC(=O)NCCc1ccccc1. The standard InChI is InChI=1S/C20H21N3O2/c1-16-14-23(18-10-6-3-7-11-18)22-20(16)25-15-19(24)21-13-12-17-8-4-2-5-9-17/h2-11,14H,12-13,15H2,1H3,(H,21,24). The molecule has 1 amide bonds. The van der Waals surface area contributed by atoms with Gasteiger partial charge in [0.05, 0.1) is 5.69 Å². The molecule has 0 saturated carbocycles. The zero-order valence-corrected chi connectivity index (χ0v) is 14.2. The average Bonchev–Trinajstić information content (AvgIpc) is 3.02. The van der Waals surface area contributed by atoms with E-state index in [2.05, 4.69) is 10.4 Å². The van der Waals surface area contributed by atoms with Crippen molar-refractivity contribution >= 4 is 5.91 Å². The highest BCUT2D eigenvalue weighted by Gasteiger charge is 2.10. The van der Waals surface area contributed by atoms with Crippen LogP contribution in [-0.2, 0) is 11.2 Å². The largest absolute Gasteiger partial charge is 0.466 e. The Hall–Kier alpha value is -3.08. The number of carbonyl (C=O) groups excluding carboxylic acids is 1. The van der Waals surface area contributed by atoms with Gasteiger partial charge in [-0.05, 0) is 31.0 Å². The Balaban J connectivity index is 1.48. The fraction of sp³-hybridized carbons (Fsp3) is 0.200. The molecule has 2 aromatic carbocycles. The number of para-hydroxylation sites is 1. The number of nitrogens with zero attached hydrogens (tertiary/aromatic N) is 2. The third-order valence-electron chi connectivity index (χ3n) is 3.79. The van der Waals surface area contributed by atoms with E-state index in [1.807, 2.05) is 73.8 Å². The fourth-order valence-corrected chi connectivity index (χ4v) is 2.48. The molecule has 0 aliphatic rings. The number of amides is 1. The summed E-state index contributed by atoms with van der Waals surface area (Å²) in [7, 11) is 0. The summed E-state index contributed by atoms with van der Waals surface area (Å²) >= 11 is 0. The zero-order valence-electron chi connectivity index (χ0n) is 14.2. The van der Waals surface area contributed by atoms with E-state index >= 15 is 0 Å². The smallest absolute Gasteiger partial charge is 0.258 e. The van der Waals surface area contributed by atoms with Gasteiger partial charge in [-0.2, -0.15) is 0 Å². The molecule has 0 bridgehead atoms. The average molecular weight is 335 g/mol. The molecule has 5 heteroatoms. The van der Waals surface area contributed by atoms with E-state index in [0.29, 0.717) is 12.4 Å². The molecule has 128 valence electrons. The minimum atomic E-state index is -0.149. The van der Waals surface area contributed by atoms with Crippen molar-refractivity contribution in [1.82, 2.24) is 15.1 Å². The van der Waals surface area contributed by atoms with Crippen molar-refractivity contribution in [3.05, 3.63) is 78.0 Å². The summed E-state index contributed by atoms with van der Waals surface area (Å²) in [6.07, 6.45) is 2.69. The number of ether oxygens (including phenoxy) is 1. The van der Waals surface area contributed by atoms with Crippen molar-refractivity contribution in [2.24, 2.45) is 0 Å². The number of aromatic nitrogens is 2.